The summed E-state index contributed by atoms with van der Waals surface area (Å²) in [7, 11) is 0. The van der Waals surface area contributed by atoms with Gasteiger partial charge in [0.15, 0.2) is 0 Å². The first-order valence-electron chi connectivity index (χ1n) is 6.59. The molecule has 1 unspecified atom stereocenters. The molecule has 0 spiro atoms. The van der Waals surface area contributed by atoms with Crippen molar-refractivity contribution in [1.82, 2.24) is 0 Å². The zero-order chi connectivity index (χ0) is 14.2. The SMILES string of the molecule is Cc1ccc2oc(C(F)(CN)c3ccccc3)cc2c1. The van der Waals surface area contributed by atoms with Crippen LogP contribution in [0.15, 0.2) is 59.0 Å². The van der Waals surface area contributed by atoms with Gasteiger partial charge in [-0.25, -0.2) is 4.39 Å². The summed E-state index contributed by atoms with van der Waals surface area (Å²) in [5.41, 5.74) is 6.19. The Balaban J connectivity index is 2.16. The van der Waals surface area contributed by atoms with Crippen LogP contribution >= 0.6 is 0 Å². The Morgan fingerprint density at radius 2 is 1.85 bits per heavy atom. The van der Waals surface area contributed by atoms with Crippen molar-refractivity contribution in [3.63, 3.8) is 0 Å². The van der Waals surface area contributed by atoms with E-state index in [0.717, 1.165) is 10.9 Å². The lowest BCUT2D eigenvalue weighted by Gasteiger charge is -2.21. The summed E-state index contributed by atoms with van der Waals surface area (Å²) < 4.78 is 21.0. The minimum Gasteiger partial charge on any atom is -0.457 e. The van der Waals surface area contributed by atoms with Crippen LogP contribution < -0.4 is 5.73 Å². The standard InChI is InChI=1S/C17H16FNO/c1-12-7-8-15-13(9-12)10-16(20-15)17(18,11-19)14-5-3-2-4-6-14/h2-10H,11,19H2,1H3. The average molecular weight is 269 g/mol. The van der Waals surface area contributed by atoms with Crippen molar-refractivity contribution in [2.75, 3.05) is 6.54 Å². The first kappa shape index (κ1) is 12.9. The lowest BCUT2D eigenvalue weighted by Crippen LogP contribution is -2.31. The molecule has 0 saturated heterocycles. The predicted octanol–water partition coefficient (Wildman–Crippen LogP) is 3.91. The van der Waals surface area contributed by atoms with Gasteiger partial charge in [-0.1, -0.05) is 42.0 Å². The number of hydrogen-bond donors (Lipinski definition) is 1. The monoisotopic (exact) mass is 269 g/mol. The van der Waals surface area contributed by atoms with Gasteiger partial charge in [0.2, 0.25) is 5.67 Å². The molecular formula is C17H16FNO. The molecule has 3 rings (SSSR count). The van der Waals surface area contributed by atoms with Crippen LogP contribution in [-0.4, -0.2) is 6.54 Å². The molecule has 1 heterocycles. The van der Waals surface area contributed by atoms with Gasteiger partial charge in [0.05, 0.1) is 0 Å². The molecule has 0 amide bonds. The van der Waals surface area contributed by atoms with E-state index in [1.54, 1.807) is 30.3 Å². The largest absolute Gasteiger partial charge is 0.457 e. The molecule has 0 bridgehead atoms. The number of rotatable bonds is 3. The molecule has 1 aromatic heterocycles. The van der Waals surface area contributed by atoms with Crippen molar-refractivity contribution in [2.24, 2.45) is 5.73 Å². The smallest absolute Gasteiger partial charge is 0.205 e. The number of benzene rings is 2. The maximum atomic E-state index is 15.3. The van der Waals surface area contributed by atoms with E-state index in [1.807, 2.05) is 31.2 Å². The molecule has 2 N–H and O–H groups in total. The minimum atomic E-state index is -1.80. The minimum absolute atomic E-state index is 0.157. The molecule has 3 aromatic rings. The van der Waals surface area contributed by atoms with Crippen molar-refractivity contribution in [1.29, 1.82) is 0 Å². The maximum Gasteiger partial charge on any atom is 0.205 e. The Kier molecular flexibility index (Phi) is 3.07. The molecule has 2 aromatic carbocycles. The number of halogens is 1. The summed E-state index contributed by atoms with van der Waals surface area (Å²) in [6, 6.07) is 16.4. The molecule has 3 heteroatoms. The van der Waals surface area contributed by atoms with Gasteiger partial charge < -0.3 is 10.2 Å². The van der Waals surface area contributed by atoms with Gasteiger partial charge in [-0.2, -0.15) is 0 Å². The molecule has 0 aliphatic carbocycles. The first-order chi connectivity index (χ1) is 9.63. The van der Waals surface area contributed by atoms with Crippen LogP contribution in [0.3, 0.4) is 0 Å². The Labute approximate surface area is 117 Å². The number of fused-ring (bicyclic) bond motifs is 1. The zero-order valence-electron chi connectivity index (χ0n) is 11.3. The van der Waals surface area contributed by atoms with Gasteiger partial charge in [0.25, 0.3) is 0 Å². The fraction of sp³-hybridized carbons (Fsp3) is 0.176. The molecule has 20 heavy (non-hydrogen) atoms. The van der Waals surface area contributed by atoms with Crippen LogP contribution in [0.4, 0.5) is 4.39 Å². The fourth-order valence-electron chi connectivity index (χ4n) is 2.42. The lowest BCUT2D eigenvalue weighted by molar-refractivity contribution is 0.194. The molecule has 0 aliphatic rings. The molecule has 102 valence electrons. The van der Waals surface area contributed by atoms with Gasteiger partial charge >= 0.3 is 0 Å². The first-order valence-corrected chi connectivity index (χ1v) is 6.59. The van der Waals surface area contributed by atoms with Gasteiger partial charge in [-0.3, -0.25) is 0 Å². The van der Waals surface area contributed by atoms with E-state index < -0.39 is 5.67 Å². The molecule has 1 atom stereocenters. The zero-order valence-corrected chi connectivity index (χ0v) is 11.3. The third kappa shape index (κ3) is 2.00. The van der Waals surface area contributed by atoms with E-state index >= 15 is 4.39 Å². The summed E-state index contributed by atoms with van der Waals surface area (Å²) in [5.74, 6) is 0.256. The van der Waals surface area contributed by atoms with Crippen molar-refractivity contribution in [3.05, 3.63) is 71.5 Å². The van der Waals surface area contributed by atoms with Gasteiger partial charge in [0.1, 0.15) is 11.3 Å². The highest BCUT2D eigenvalue weighted by molar-refractivity contribution is 5.79. The molecule has 0 saturated carbocycles. The van der Waals surface area contributed by atoms with Crippen molar-refractivity contribution < 1.29 is 8.81 Å². The van der Waals surface area contributed by atoms with E-state index in [-0.39, 0.29) is 12.3 Å². The molecule has 2 nitrogen and oxygen atoms in total. The van der Waals surface area contributed by atoms with Crippen LogP contribution in [-0.2, 0) is 5.67 Å². The Hall–Kier alpha value is -2.13. The Morgan fingerprint density at radius 3 is 2.55 bits per heavy atom. The Morgan fingerprint density at radius 1 is 1.10 bits per heavy atom. The highest BCUT2D eigenvalue weighted by Gasteiger charge is 2.36. The normalized spacial score (nSPS) is 14.3. The van der Waals surface area contributed by atoms with E-state index in [0.29, 0.717) is 11.1 Å². The van der Waals surface area contributed by atoms with Gasteiger partial charge in [-0.05, 0) is 30.7 Å². The third-order valence-corrected chi connectivity index (χ3v) is 3.57. The van der Waals surface area contributed by atoms with Crippen LogP contribution in [0.2, 0.25) is 0 Å². The Bertz CT molecular complexity index is 735. The second kappa shape index (κ2) is 4.76. The van der Waals surface area contributed by atoms with Crippen LogP contribution in [0.25, 0.3) is 11.0 Å². The quantitative estimate of drug-likeness (QED) is 0.783. The number of hydrogen-bond acceptors (Lipinski definition) is 2. The molecular weight excluding hydrogens is 253 g/mol. The summed E-state index contributed by atoms with van der Waals surface area (Å²) in [5, 5.41) is 0.895. The van der Waals surface area contributed by atoms with E-state index in [1.165, 1.54) is 0 Å². The van der Waals surface area contributed by atoms with E-state index in [4.69, 9.17) is 10.2 Å². The van der Waals surface area contributed by atoms with Crippen LogP contribution in [0.5, 0.6) is 0 Å². The van der Waals surface area contributed by atoms with E-state index in [2.05, 4.69) is 0 Å². The van der Waals surface area contributed by atoms with Crippen molar-refractivity contribution in [2.45, 2.75) is 12.6 Å². The van der Waals surface area contributed by atoms with Crippen LogP contribution in [0, 0.1) is 6.92 Å². The molecule has 0 radical (unpaired) electrons. The highest BCUT2D eigenvalue weighted by Crippen LogP contribution is 2.36. The average Bonchev–Trinajstić information content (AvgIpc) is 2.90. The molecule has 0 fully saturated rings. The lowest BCUT2D eigenvalue weighted by atomic mass is 9.93. The number of furan rings is 1. The number of alkyl halides is 1. The molecule has 0 aliphatic heterocycles. The summed E-state index contributed by atoms with van der Waals surface area (Å²) in [6.07, 6.45) is 0. The highest BCUT2D eigenvalue weighted by atomic mass is 19.1. The number of aryl methyl sites for hydroxylation is 1. The van der Waals surface area contributed by atoms with Gasteiger partial charge in [0, 0.05) is 11.9 Å². The summed E-state index contributed by atoms with van der Waals surface area (Å²) in [6.45, 7) is 1.84. The summed E-state index contributed by atoms with van der Waals surface area (Å²) in [4.78, 5) is 0. The maximum absolute atomic E-state index is 15.3. The van der Waals surface area contributed by atoms with E-state index in [9.17, 15) is 0 Å². The third-order valence-electron chi connectivity index (χ3n) is 3.57. The second-order valence-electron chi connectivity index (χ2n) is 5.02. The summed E-state index contributed by atoms with van der Waals surface area (Å²) >= 11 is 0. The van der Waals surface area contributed by atoms with Crippen LogP contribution in [0.1, 0.15) is 16.9 Å². The fourth-order valence-corrected chi connectivity index (χ4v) is 2.42. The second-order valence-corrected chi connectivity index (χ2v) is 5.02. The topological polar surface area (TPSA) is 39.2 Å². The van der Waals surface area contributed by atoms with Gasteiger partial charge in [-0.15, -0.1) is 0 Å². The predicted molar refractivity (Wildman–Crippen MR) is 78.3 cm³/mol. The van der Waals surface area contributed by atoms with Crippen molar-refractivity contribution >= 4 is 11.0 Å². The number of nitrogens with two attached hydrogens (primary N) is 1. The van der Waals surface area contributed by atoms with Crippen molar-refractivity contribution in [3.8, 4) is 0 Å².